The number of amides is 1. The van der Waals surface area contributed by atoms with Gasteiger partial charge in [-0.2, -0.15) is 0 Å². The van der Waals surface area contributed by atoms with Crippen LogP contribution in [0.2, 0.25) is 10.0 Å². The van der Waals surface area contributed by atoms with E-state index in [0.717, 1.165) is 5.56 Å². The summed E-state index contributed by atoms with van der Waals surface area (Å²) in [5.41, 5.74) is 1.39. The monoisotopic (exact) mass is 353 g/mol. The van der Waals surface area contributed by atoms with Gasteiger partial charge in [-0.25, -0.2) is 0 Å². The Bertz CT molecular complexity index is 702. The number of nitrogens with one attached hydrogen (secondary N) is 1. The largest absolute Gasteiger partial charge is 0.495 e. The molecule has 0 heterocycles. The number of hydrogen-bond acceptors (Lipinski definition) is 3. The Morgan fingerprint density at radius 1 is 1.17 bits per heavy atom. The van der Waals surface area contributed by atoms with E-state index in [1.807, 2.05) is 6.92 Å². The van der Waals surface area contributed by atoms with Crippen molar-refractivity contribution in [2.24, 2.45) is 0 Å². The molecule has 0 aromatic heterocycles. The second-order valence-corrected chi connectivity index (χ2v) is 5.85. The molecular formula is C17H17Cl2NO3. The number of rotatable bonds is 5. The third kappa shape index (κ3) is 4.53. The van der Waals surface area contributed by atoms with E-state index < -0.39 is 6.10 Å². The number of carbonyl (C=O) groups is 1. The molecule has 122 valence electrons. The van der Waals surface area contributed by atoms with Crippen molar-refractivity contribution in [1.29, 1.82) is 0 Å². The molecule has 0 saturated heterocycles. The highest BCUT2D eigenvalue weighted by atomic mass is 35.5. The van der Waals surface area contributed by atoms with Crippen LogP contribution in [0.15, 0.2) is 36.4 Å². The van der Waals surface area contributed by atoms with E-state index in [0.29, 0.717) is 27.2 Å². The van der Waals surface area contributed by atoms with Gasteiger partial charge >= 0.3 is 0 Å². The molecule has 0 aliphatic carbocycles. The molecule has 0 aliphatic rings. The molecule has 0 saturated carbocycles. The summed E-state index contributed by atoms with van der Waals surface area (Å²) in [5, 5.41) is 3.97. The normalized spacial score (nSPS) is 11.7. The van der Waals surface area contributed by atoms with E-state index in [-0.39, 0.29) is 5.91 Å². The van der Waals surface area contributed by atoms with Crippen molar-refractivity contribution in [1.82, 2.24) is 0 Å². The van der Waals surface area contributed by atoms with Crippen LogP contribution in [0, 0.1) is 6.92 Å². The van der Waals surface area contributed by atoms with E-state index >= 15 is 0 Å². The molecule has 23 heavy (non-hydrogen) atoms. The van der Waals surface area contributed by atoms with Crippen molar-refractivity contribution in [2.45, 2.75) is 20.0 Å². The maximum absolute atomic E-state index is 12.3. The first-order valence-electron chi connectivity index (χ1n) is 6.98. The van der Waals surface area contributed by atoms with Crippen LogP contribution < -0.4 is 14.8 Å². The van der Waals surface area contributed by atoms with Gasteiger partial charge < -0.3 is 14.8 Å². The zero-order chi connectivity index (χ0) is 17.0. The van der Waals surface area contributed by atoms with Crippen molar-refractivity contribution in [3.8, 4) is 11.5 Å². The second-order valence-electron chi connectivity index (χ2n) is 5.00. The summed E-state index contributed by atoms with van der Waals surface area (Å²) in [7, 11) is 1.52. The summed E-state index contributed by atoms with van der Waals surface area (Å²) in [6.07, 6.45) is -0.683. The van der Waals surface area contributed by atoms with Gasteiger partial charge in [0, 0.05) is 16.1 Å². The molecule has 0 radical (unpaired) electrons. The average molecular weight is 354 g/mol. The Balaban J connectivity index is 2.09. The summed E-state index contributed by atoms with van der Waals surface area (Å²) < 4.78 is 10.8. The van der Waals surface area contributed by atoms with E-state index in [1.165, 1.54) is 7.11 Å². The predicted octanol–water partition coefficient (Wildman–Crippen LogP) is 4.72. The van der Waals surface area contributed by atoms with Crippen LogP contribution >= 0.6 is 23.2 Å². The summed E-state index contributed by atoms with van der Waals surface area (Å²) >= 11 is 11.9. The van der Waals surface area contributed by atoms with Gasteiger partial charge in [0.2, 0.25) is 0 Å². The molecule has 0 spiro atoms. The Labute approximate surface area is 145 Å². The number of aryl methyl sites for hydroxylation is 1. The molecule has 1 amide bonds. The quantitative estimate of drug-likeness (QED) is 0.845. The van der Waals surface area contributed by atoms with Crippen LogP contribution in [0.1, 0.15) is 12.5 Å². The van der Waals surface area contributed by atoms with Gasteiger partial charge in [-0.1, -0.05) is 23.2 Å². The number of halogens is 2. The first kappa shape index (κ1) is 17.4. The van der Waals surface area contributed by atoms with E-state index in [4.69, 9.17) is 32.7 Å². The summed E-state index contributed by atoms with van der Waals surface area (Å²) in [6.45, 7) is 3.52. The van der Waals surface area contributed by atoms with Crippen molar-refractivity contribution < 1.29 is 14.3 Å². The molecule has 0 bridgehead atoms. The Morgan fingerprint density at radius 2 is 1.83 bits per heavy atom. The van der Waals surface area contributed by atoms with Crippen LogP contribution in [0.5, 0.6) is 11.5 Å². The summed E-state index contributed by atoms with van der Waals surface area (Å²) in [6, 6.07) is 10.2. The number of anilines is 1. The fourth-order valence-corrected chi connectivity index (χ4v) is 2.21. The van der Waals surface area contributed by atoms with Gasteiger partial charge in [-0.05, 0) is 49.7 Å². The lowest BCUT2D eigenvalue weighted by Gasteiger charge is -2.17. The fourth-order valence-electron chi connectivity index (χ4n) is 1.93. The molecule has 1 N–H and O–H groups in total. The SMILES string of the molecule is COc1cc(Cl)c(C)cc1NC(=O)[C@H](C)Oc1ccc(Cl)cc1. The van der Waals surface area contributed by atoms with Crippen LogP contribution in [0.4, 0.5) is 5.69 Å². The summed E-state index contributed by atoms with van der Waals surface area (Å²) in [4.78, 5) is 12.3. The molecule has 1 atom stereocenters. The van der Waals surface area contributed by atoms with Crippen molar-refractivity contribution in [2.75, 3.05) is 12.4 Å². The highest BCUT2D eigenvalue weighted by molar-refractivity contribution is 6.31. The van der Waals surface area contributed by atoms with Crippen LogP contribution in [-0.2, 0) is 4.79 Å². The smallest absolute Gasteiger partial charge is 0.265 e. The third-order valence-electron chi connectivity index (χ3n) is 3.23. The Hall–Kier alpha value is -1.91. The molecule has 2 aromatic rings. The van der Waals surface area contributed by atoms with Gasteiger partial charge in [-0.15, -0.1) is 0 Å². The fraction of sp³-hybridized carbons (Fsp3) is 0.235. The van der Waals surface area contributed by atoms with Gasteiger partial charge in [-0.3, -0.25) is 4.79 Å². The highest BCUT2D eigenvalue weighted by Gasteiger charge is 2.17. The average Bonchev–Trinajstić information content (AvgIpc) is 2.52. The van der Waals surface area contributed by atoms with Crippen molar-refractivity contribution >= 4 is 34.8 Å². The van der Waals surface area contributed by atoms with Gasteiger partial charge in [0.05, 0.1) is 12.8 Å². The molecule has 6 heteroatoms. The van der Waals surface area contributed by atoms with Crippen molar-refractivity contribution in [3.63, 3.8) is 0 Å². The minimum Gasteiger partial charge on any atom is -0.495 e. The van der Waals surface area contributed by atoms with E-state index in [2.05, 4.69) is 5.32 Å². The third-order valence-corrected chi connectivity index (χ3v) is 3.89. The minimum absolute atomic E-state index is 0.292. The first-order chi connectivity index (χ1) is 10.9. The van der Waals surface area contributed by atoms with Gasteiger partial charge in [0.25, 0.3) is 5.91 Å². The number of methoxy groups -OCH3 is 1. The zero-order valence-electron chi connectivity index (χ0n) is 13.0. The standard InChI is InChI=1S/C17H17Cl2NO3/c1-10-8-15(16(22-3)9-14(10)19)20-17(21)11(2)23-13-6-4-12(18)5-7-13/h4-9,11H,1-3H3,(H,20,21)/t11-/m0/s1. The number of ether oxygens (including phenoxy) is 2. The molecule has 0 unspecified atom stereocenters. The van der Waals surface area contributed by atoms with E-state index in [9.17, 15) is 4.79 Å². The van der Waals surface area contributed by atoms with Crippen LogP contribution in [0.3, 0.4) is 0 Å². The predicted molar refractivity (Wildman–Crippen MR) is 92.9 cm³/mol. The van der Waals surface area contributed by atoms with Crippen LogP contribution in [0.25, 0.3) is 0 Å². The maximum atomic E-state index is 12.3. The molecular weight excluding hydrogens is 337 g/mol. The van der Waals surface area contributed by atoms with E-state index in [1.54, 1.807) is 43.3 Å². The molecule has 0 aliphatic heterocycles. The lowest BCUT2D eigenvalue weighted by Crippen LogP contribution is -2.30. The number of carbonyl (C=O) groups excluding carboxylic acids is 1. The maximum Gasteiger partial charge on any atom is 0.265 e. The molecule has 0 fully saturated rings. The lowest BCUT2D eigenvalue weighted by atomic mass is 10.2. The van der Waals surface area contributed by atoms with Crippen LogP contribution in [-0.4, -0.2) is 19.1 Å². The summed E-state index contributed by atoms with van der Waals surface area (Å²) in [5.74, 6) is 0.768. The number of hydrogen-bond donors (Lipinski definition) is 1. The lowest BCUT2D eigenvalue weighted by molar-refractivity contribution is -0.122. The Kier molecular flexibility index (Phi) is 5.74. The first-order valence-corrected chi connectivity index (χ1v) is 7.73. The second kappa shape index (κ2) is 7.57. The zero-order valence-corrected chi connectivity index (χ0v) is 14.5. The van der Waals surface area contributed by atoms with Gasteiger partial charge in [0.15, 0.2) is 6.10 Å². The van der Waals surface area contributed by atoms with Crippen molar-refractivity contribution in [3.05, 3.63) is 52.0 Å². The Morgan fingerprint density at radius 3 is 2.43 bits per heavy atom. The highest BCUT2D eigenvalue weighted by Crippen LogP contribution is 2.31. The molecule has 4 nitrogen and oxygen atoms in total. The minimum atomic E-state index is -0.683. The van der Waals surface area contributed by atoms with Gasteiger partial charge in [0.1, 0.15) is 11.5 Å². The number of benzene rings is 2. The molecule has 2 aromatic carbocycles. The molecule has 2 rings (SSSR count). The topological polar surface area (TPSA) is 47.6 Å².